The van der Waals surface area contributed by atoms with Gasteiger partial charge in [0.1, 0.15) is 19.0 Å². The fraction of sp³-hybridized carbons (Fsp3) is 0.294. The molecule has 4 nitrogen and oxygen atoms in total. The summed E-state index contributed by atoms with van der Waals surface area (Å²) < 4.78 is 11.2. The van der Waals surface area contributed by atoms with Crippen LogP contribution in [-0.4, -0.2) is 24.9 Å². The van der Waals surface area contributed by atoms with E-state index in [2.05, 4.69) is 0 Å². The minimum Gasteiger partial charge on any atom is -0.506 e. The molecule has 3 N–H and O–H groups in total. The summed E-state index contributed by atoms with van der Waals surface area (Å²) in [6, 6.07) is 11.2. The highest BCUT2D eigenvalue weighted by Gasteiger charge is 2.17. The molecule has 2 aromatic rings. The van der Waals surface area contributed by atoms with Gasteiger partial charge in [0.25, 0.3) is 0 Å². The summed E-state index contributed by atoms with van der Waals surface area (Å²) in [6.07, 6.45) is 0.746. The molecule has 0 spiro atoms. The first-order chi connectivity index (χ1) is 10.7. The summed E-state index contributed by atoms with van der Waals surface area (Å²) in [6.45, 7) is 1.66. The lowest BCUT2D eigenvalue weighted by molar-refractivity contribution is 0.171. The van der Waals surface area contributed by atoms with Crippen molar-refractivity contribution in [3.8, 4) is 17.2 Å². The van der Waals surface area contributed by atoms with Crippen LogP contribution in [0, 0.1) is 0 Å². The number of nitrogens with two attached hydrogens (primary N) is 1. The largest absolute Gasteiger partial charge is 0.506 e. The molecule has 0 fully saturated rings. The van der Waals surface area contributed by atoms with Gasteiger partial charge in [-0.05, 0) is 48.4 Å². The number of hydrogen-bond acceptors (Lipinski definition) is 4. The second-order valence-electron chi connectivity index (χ2n) is 5.33. The zero-order chi connectivity index (χ0) is 15.5. The van der Waals surface area contributed by atoms with Crippen LogP contribution in [0.4, 0.5) is 0 Å². The van der Waals surface area contributed by atoms with Gasteiger partial charge in [-0.3, -0.25) is 0 Å². The van der Waals surface area contributed by atoms with Gasteiger partial charge >= 0.3 is 0 Å². The maximum atomic E-state index is 9.50. The van der Waals surface area contributed by atoms with Crippen molar-refractivity contribution in [2.45, 2.75) is 12.3 Å². The van der Waals surface area contributed by atoms with Gasteiger partial charge < -0.3 is 20.3 Å². The minimum atomic E-state index is 0.0917. The van der Waals surface area contributed by atoms with Crippen LogP contribution in [0.5, 0.6) is 17.2 Å². The lowest BCUT2D eigenvalue weighted by Gasteiger charge is -2.21. The maximum Gasteiger partial charge on any atom is 0.161 e. The Morgan fingerprint density at radius 1 is 1.09 bits per heavy atom. The number of phenolic OH excluding ortho intramolecular Hbond substituents is 1. The second-order valence-corrected chi connectivity index (χ2v) is 5.73. The van der Waals surface area contributed by atoms with Gasteiger partial charge in [0.05, 0.1) is 5.02 Å². The van der Waals surface area contributed by atoms with Gasteiger partial charge in [-0.2, -0.15) is 0 Å². The summed E-state index contributed by atoms with van der Waals surface area (Å²) in [5.41, 5.74) is 8.08. The van der Waals surface area contributed by atoms with E-state index < -0.39 is 0 Å². The van der Waals surface area contributed by atoms with Crippen molar-refractivity contribution in [1.82, 2.24) is 0 Å². The number of benzene rings is 2. The van der Waals surface area contributed by atoms with Crippen molar-refractivity contribution >= 4 is 11.6 Å². The molecule has 3 rings (SSSR count). The number of rotatable bonds is 4. The zero-order valence-corrected chi connectivity index (χ0v) is 12.8. The van der Waals surface area contributed by atoms with Gasteiger partial charge in [-0.1, -0.05) is 23.7 Å². The third-order valence-corrected chi connectivity index (χ3v) is 4.12. The highest BCUT2D eigenvalue weighted by atomic mass is 35.5. The molecule has 0 aromatic heterocycles. The van der Waals surface area contributed by atoms with Gasteiger partial charge in [0.2, 0.25) is 0 Å². The molecule has 1 aliphatic heterocycles. The van der Waals surface area contributed by atoms with Gasteiger partial charge in [0.15, 0.2) is 11.5 Å². The molecule has 0 radical (unpaired) electrons. The first kappa shape index (κ1) is 15.0. The predicted molar refractivity (Wildman–Crippen MR) is 86.0 cm³/mol. The molecule has 1 aliphatic rings. The Bertz CT molecular complexity index is 675. The molecule has 22 heavy (non-hydrogen) atoms. The average molecular weight is 320 g/mol. The lowest BCUT2D eigenvalue weighted by Crippen LogP contribution is -2.18. The molecule has 1 heterocycles. The van der Waals surface area contributed by atoms with Gasteiger partial charge in [-0.15, -0.1) is 0 Å². The van der Waals surface area contributed by atoms with Crippen LogP contribution < -0.4 is 15.2 Å². The van der Waals surface area contributed by atoms with E-state index in [0.29, 0.717) is 24.8 Å². The Morgan fingerprint density at radius 3 is 2.59 bits per heavy atom. The molecule has 1 unspecified atom stereocenters. The van der Waals surface area contributed by atoms with Crippen LogP contribution in [0.15, 0.2) is 36.4 Å². The monoisotopic (exact) mass is 319 g/mol. The Hall–Kier alpha value is -1.91. The van der Waals surface area contributed by atoms with E-state index in [1.54, 1.807) is 12.1 Å². The first-order valence-corrected chi connectivity index (χ1v) is 7.62. The Kier molecular flexibility index (Phi) is 4.41. The molecular formula is C17H18ClNO3. The fourth-order valence-electron chi connectivity index (χ4n) is 2.61. The van der Waals surface area contributed by atoms with Crippen molar-refractivity contribution in [2.24, 2.45) is 5.73 Å². The number of hydrogen-bond donors (Lipinski definition) is 2. The van der Waals surface area contributed by atoms with Crippen LogP contribution in [0.3, 0.4) is 0 Å². The van der Waals surface area contributed by atoms with Crippen LogP contribution in [0.2, 0.25) is 5.02 Å². The molecule has 0 amide bonds. The highest BCUT2D eigenvalue weighted by Crippen LogP contribution is 2.34. The zero-order valence-electron chi connectivity index (χ0n) is 12.1. The van der Waals surface area contributed by atoms with Gasteiger partial charge in [0, 0.05) is 5.92 Å². The van der Waals surface area contributed by atoms with E-state index in [-0.39, 0.29) is 11.7 Å². The lowest BCUT2D eigenvalue weighted by atomic mass is 9.91. The van der Waals surface area contributed by atoms with Crippen molar-refractivity contribution < 1.29 is 14.6 Å². The predicted octanol–water partition coefficient (Wildman–Crippen LogP) is 3.10. The second kappa shape index (κ2) is 6.46. The third-order valence-electron chi connectivity index (χ3n) is 3.82. The SMILES string of the molecule is NCC(Cc1ccc(O)c(Cl)c1)c1ccc2c(c1)OCCO2. The van der Waals surface area contributed by atoms with E-state index in [0.717, 1.165) is 29.0 Å². The van der Waals surface area contributed by atoms with Crippen LogP contribution in [0.1, 0.15) is 17.0 Å². The summed E-state index contributed by atoms with van der Waals surface area (Å²) in [7, 11) is 0. The summed E-state index contributed by atoms with van der Waals surface area (Å²) in [4.78, 5) is 0. The first-order valence-electron chi connectivity index (χ1n) is 7.24. The topological polar surface area (TPSA) is 64.7 Å². The van der Waals surface area contributed by atoms with Crippen LogP contribution in [0.25, 0.3) is 0 Å². The number of fused-ring (bicyclic) bond motifs is 1. The smallest absolute Gasteiger partial charge is 0.161 e. The average Bonchev–Trinajstić information content (AvgIpc) is 2.55. The quantitative estimate of drug-likeness (QED) is 0.909. The molecule has 0 saturated carbocycles. The van der Waals surface area contributed by atoms with E-state index in [1.165, 1.54) is 0 Å². The minimum absolute atomic E-state index is 0.0917. The molecule has 2 aromatic carbocycles. The Morgan fingerprint density at radius 2 is 1.86 bits per heavy atom. The Labute approximate surface area is 134 Å². The summed E-state index contributed by atoms with van der Waals surface area (Å²) in [5.74, 6) is 1.79. The summed E-state index contributed by atoms with van der Waals surface area (Å²) >= 11 is 5.96. The normalized spacial score (nSPS) is 14.6. The number of halogens is 1. The van der Waals surface area contributed by atoms with Crippen molar-refractivity contribution in [3.05, 3.63) is 52.5 Å². The van der Waals surface area contributed by atoms with E-state index in [1.807, 2.05) is 24.3 Å². The number of aromatic hydroxyl groups is 1. The molecule has 0 bridgehead atoms. The Balaban J connectivity index is 1.82. The van der Waals surface area contributed by atoms with E-state index >= 15 is 0 Å². The summed E-state index contributed by atoms with van der Waals surface area (Å²) in [5, 5.41) is 9.85. The highest BCUT2D eigenvalue weighted by molar-refractivity contribution is 6.32. The van der Waals surface area contributed by atoms with E-state index in [9.17, 15) is 5.11 Å². The standard InChI is InChI=1S/C17H18ClNO3/c18-14-8-11(1-3-15(14)20)7-13(10-19)12-2-4-16-17(9-12)22-6-5-21-16/h1-4,8-9,13,20H,5-7,10,19H2. The fourth-order valence-corrected chi connectivity index (χ4v) is 2.82. The van der Waals surface area contributed by atoms with Crippen LogP contribution >= 0.6 is 11.6 Å². The maximum absolute atomic E-state index is 9.50. The van der Waals surface area contributed by atoms with E-state index in [4.69, 9.17) is 26.8 Å². The molecule has 0 aliphatic carbocycles. The molecular weight excluding hydrogens is 302 g/mol. The number of phenols is 1. The van der Waals surface area contributed by atoms with Crippen molar-refractivity contribution in [1.29, 1.82) is 0 Å². The molecule has 0 saturated heterocycles. The molecule has 116 valence electrons. The number of ether oxygens (including phenoxy) is 2. The van der Waals surface area contributed by atoms with Crippen molar-refractivity contribution in [2.75, 3.05) is 19.8 Å². The molecule has 5 heteroatoms. The van der Waals surface area contributed by atoms with Crippen LogP contribution in [-0.2, 0) is 6.42 Å². The van der Waals surface area contributed by atoms with Crippen molar-refractivity contribution in [3.63, 3.8) is 0 Å². The van der Waals surface area contributed by atoms with Gasteiger partial charge in [-0.25, -0.2) is 0 Å². The third kappa shape index (κ3) is 3.13. The molecule has 1 atom stereocenters.